The van der Waals surface area contributed by atoms with E-state index in [0.717, 1.165) is 25.9 Å². The number of rotatable bonds is 16. The third-order valence-corrected chi connectivity index (χ3v) is 5.22. The Kier molecular flexibility index (Phi) is 14.6. The summed E-state index contributed by atoms with van der Waals surface area (Å²) in [7, 11) is 0. The molecule has 0 aliphatic carbocycles. The van der Waals surface area contributed by atoms with E-state index in [0.29, 0.717) is 6.61 Å². The lowest BCUT2D eigenvalue weighted by Crippen LogP contribution is -2.23. The lowest BCUT2D eigenvalue weighted by molar-refractivity contribution is -0.153. The van der Waals surface area contributed by atoms with Crippen molar-refractivity contribution in [2.75, 3.05) is 13.2 Å². The minimum Gasteiger partial charge on any atom is -0.460 e. The molecule has 0 radical (unpaired) electrons. The first-order valence-corrected chi connectivity index (χ1v) is 11.2. The second-order valence-electron chi connectivity index (χ2n) is 7.84. The fourth-order valence-corrected chi connectivity index (χ4v) is 3.35. The van der Waals surface area contributed by atoms with Crippen molar-refractivity contribution in [1.82, 2.24) is 0 Å². The number of unbranched alkanes of at least 4 members (excludes halogenated alkanes) is 10. The zero-order chi connectivity index (χ0) is 18.9. The van der Waals surface area contributed by atoms with E-state index in [4.69, 9.17) is 9.47 Å². The van der Waals surface area contributed by atoms with Crippen LogP contribution in [-0.4, -0.2) is 25.3 Å². The minimum absolute atomic E-state index is 0.00641. The van der Waals surface area contributed by atoms with Crippen LogP contribution in [0.3, 0.4) is 0 Å². The summed E-state index contributed by atoms with van der Waals surface area (Å²) in [4.78, 5) is 12.0. The molecule has 26 heavy (non-hydrogen) atoms. The van der Waals surface area contributed by atoms with Gasteiger partial charge >= 0.3 is 5.97 Å². The van der Waals surface area contributed by atoms with Gasteiger partial charge in [0.05, 0.1) is 19.1 Å². The van der Waals surface area contributed by atoms with E-state index in [1.165, 1.54) is 70.6 Å². The highest BCUT2D eigenvalue weighted by molar-refractivity contribution is 5.72. The average Bonchev–Trinajstić information content (AvgIpc) is 3.14. The van der Waals surface area contributed by atoms with E-state index in [1.54, 1.807) is 0 Å². The Morgan fingerprint density at radius 1 is 1.00 bits per heavy atom. The van der Waals surface area contributed by atoms with Gasteiger partial charge in [-0.2, -0.15) is 0 Å². The molecule has 1 saturated heterocycles. The summed E-state index contributed by atoms with van der Waals surface area (Å²) in [5.41, 5.74) is 0. The highest BCUT2D eigenvalue weighted by Gasteiger charge is 2.22. The second kappa shape index (κ2) is 16.4. The number of hydrogen-bond acceptors (Lipinski definition) is 3. The van der Waals surface area contributed by atoms with Gasteiger partial charge in [-0.1, -0.05) is 77.4 Å². The first-order valence-electron chi connectivity index (χ1n) is 11.2. The number of esters is 1. The van der Waals surface area contributed by atoms with Gasteiger partial charge in [0.2, 0.25) is 0 Å². The highest BCUT2D eigenvalue weighted by atomic mass is 16.6. The molecule has 152 valence electrons. The quantitative estimate of drug-likeness (QED) is 0.175. The Morgan fingerprint density at radius 2 is 1.62 bits per heavy atom. The minimum atomic E-state index is -0.0434. The molecule has 1 rings (SSSR count). The molecule has 1 heterocycles. The zero-order valence-corrected chi connectivity index (χ0v) is 17.3. The molecule has 1 fully saturated rings. The largest absolute Gasteiger partial charge is 0.460 e. The van der Waals surface area contributed by atoms with Crippen molar-refractivity contribution in [2.24, 2.45) is 5.92 Å². The predicted molar refractivity (Wildman–Crippen MR) is 109 cm³/mol. The molecule has 0 aromatic heterocycles. The maximum absolute atomic E-state index is 12.0. The number of hydrogen-bond donors (Lipinski definition) is 0. The predicted octanol–water partition coefficient (Wildman–Crippen LogP) is 6.60. The smallest absolute Gasteiger partial charge is 0.309 e. The van der Waals surface area contributed by atoms with Crippen LogP contribution in [0.15, 0.2) is 12.2 Å². The summed E-state index contributed by atoms with van der Waals surface area (Å²) in [6.07, 6.45) is 22.1. The Bertz CT molecular complexity index is 358. The molecule has 2 atom stereocenters. The van der Waals surface area contributed by atoms with E-state index in [9.17, 15) is 4.79 Å². The van der Waals surface area contributed by atoms with Crippen molar-refractivity contribution in [2.45, 2.75) is 110 Å². The molecule has 0 amide bonds. The van der Waals surface area contributed by atoms with E-state index in [1.807, 2.05) is 6.92 Å². The third kappa shape index (κ3) is 12.5. The van der Waals surface area contributed by atoms with E-state index in [2.05, 4.69) is 19.1 Å². The Labute approximate surface area is 161 Å². The molecule has 2 unspecified atom stereocenters. The van der Waals surface area contributed by atoms with Crippen LogP contribution < -0.4 is 0 Å². The van der Waals surface area contributed by atoms with Gasteiger partial charge in [-0.15, -0.1) is 0 Å². The molecule has 0 spiro atoms. The molecule has 3 nitrogen and oxygen atoms in total. The number of allylic oxidation sites excluding steroid dienone is 2. The summed E-state index contributed by atoms with van der Waals surface area (Å²) < 4.78 is 10.7. The van der Waals surface area contributed by atoms with Crippen LogP contribution in [0.5, 0.6) is 0 Å². The van der Waals surface area contributed by atoms with Crippen LogP contribution in [0.2, 0.25) is 0 Å². The molecule has 0 bridgehead atoms. The molecular weight excluding hydrogens is 324 g/mol. The SMILES string of the molecule is CCCCCCCC/C=C\CCCCCCC(C)C(=O)OC1CCOC1. The maximum atomic E-state index is 12.0. The van der Waals surface area contributed by atoms with Crippen LogP contribution in [0, 0.1) is 5.92 Å². The molecule has 0 N–H and O–H groups in total. The number of carbonyl (C=O) groups is 1. The number of ether oxygens (including phenoxy) is 2. The fourth-order valence-electron chi connectivity index (χ4n) is 3.35. The normalized spacial score (nSPS) is 18.5. The summed E-state index contributed by atoms with van der Waals surface area (Å²) in [5.74, 6) is -0.0223. The van der Waals surface area contributed by atoms with Crippen molar-refractivity contribution in [3.63, 3.8) is 0 Å². The van der Waals surface area contributed by atoms with Crippen molar-refractivity contribution in [3.8, 4) is 0 Å². The van der Waals surface area contributed by atoms with E-state index < -0.39 is 0 Å². The zero-order valence-electron chi connectivity index (χ0n) is 17.3. The van der Waals surface area contributed by atoms with Crippen molar-refractivity contribution < 1.29 is 14.3 Å². The van der Waals surface area contributed by atoms with E-state index in [-0.39, 0.29) is 18.0 Å². The van der Waals surface area contributed by atoms with Crippen molar-refractivity contribution in [3.05, 3.63) is 12.2 Å². The third-order valence-electron chi connectivity index (χ3n) is 5.22. The first kappa shape index (κ1) is 23.2. The van der Waals surface area contributed by atoms with Crippen LogP contribution in [0.4, 0.5) is 0 Å². The van der Waals surface area contributed by atoms with Gasteiger partial charge in [-0.3, -0.25) is 4.79 Å². The van der Waals surface area contributed by atoms with Crippen LogP contribution >= 0.6 is 0 Å². The Hall–Kier alpha value is -0.830. The Morgan fingerprint density at radius 3 is 2.23 bits per heavy atom. The summed E-state index contributed by atoms with van der Waals surface area (Å²) in [6, 6.07) is 0. The second-order valence-corrected chi connectivity index (χ2v) is 7.84. The van der Waals surface area contributed by atoms with Gasteiger partial charge < -0.3 is 9.47 Å². The summed E-state index contributed by atoms with van der Waals surface area (Å²) in [6.45, 7) is 5.55. The van der Waals surface area contributed by atoms with Crippen LogP contribution in [-0.2, 0) is 14.3 Å². The van der Waals surface area contributed by atoms with Gasteiger partial charge in [-0.25, -0.2) is 0 Å². The van der Waals surface area contributed by atoms with Crippen LogP contribution in [0.25, 0.3) is 0 Å². The van der Waals surface area contributed by atoms with Crippen molar-refractivity contribution in [1.29, 1.82) is 0 Å². The molecule has 3 heteroatoms. The topological polar surface area (TPSA) is 35.5 Å². The summed E-state index contributed by atoms with van der Waals surface area (Å²) in [5, 5.41) is 0. The lowest BCUT2D eigenvalue weighted by Gasteiger charge is -2.14. The fraction of sp³-hybridized carbons (Fsp3) is 0.870. The van der Waals surface area contributed by atoms with Crippen molar-refractivity contribution >= 4 is 5.97 Å². The van der Waals surface area contributed by atoms with Gasteiger partial charge in [0.25, 0.3) is 0 Å². The average molecular weight is 367 g/mol. The lowest BCUT2D eigenvalue weighted by atomic mass is 10.0. The molecule has 1 aliphatic heterocycles. The summed E-state index contributed by atoms with van der Waals surface area (Å²) >= 11 is 0. The van der Waals surface area contributed by atoms with Gasteiger partial charge in [-0.05, 0) is 32.1 Å². The molecule has 0 aromatic rings. The first-order chi connectivity index (χ1) is 12.7. The van der Waals surface area contributed by atoms with Gasteiger partial charge in [0.15, 0.2) is 0 Å². The maximum Gasteiger partial charge on any atom is 0.309 e. The van der Waals surface area contributed by atoms with Gasteiger partial charge in [0, 0.05) is 6.42 Å². The monoisotopic (exact) mass is 366 g/mol. The number of carbonyl (C=O) groups excluding carboxylic acids is 1. The molecule has 0 saturated carbocycles. The standard InChI is InChI=1S/C23H42O3/c1-3-4-5-6-7-8-9-10-11-12-13-14-15-16-17-21(2)23(24)26-22-18-19-25-20-22/h10-11,21-22H,3-9,12-20H2,1-2H3/b11-10-. The van der Waals surface area contributed by atoms with E-state index >= 15 is 0 Å². The molecular formula is C23H42O3. The highest BCUT2D eigenvalue weighted by Crippen LogP contribution is 2.16. The molecule has 1 aliphatic rings. The molecule has 0 aromatic carbocycles. The van der Waals surface area contributed by atoms with Crippen LogP contribution in [0.1, 0.15) is 104 Å². The van der Waals surface area contributed by atoms with Gasteiger partial charge in [0.1, 0.15) is 6.10 Å². The Balaban J connectivity index is 1.84.